The van der Waals surface area contributed by atoms with Gasteiger partial charge in [-0.1, -0.05) is 0 Å². The molecule has 1 rings (SSSR count). The third kappa shape index (κ3) is 2.91. The Hall–Kier alpha value is -1.69. The van der Waals surface area contributed by atoms with Crippen LogP contribution in [0.1, 0.15) is 17.9 Å². The summed E-state index contributed by atoms with van der Waals surface area (Å²) in [5, 5.41) is 17.6. The summed E-state index contributed by atoms with van der Waals surface area (Å²) in [5.74, 6) is -4.60. The molecule has 0 saturated heterocycles. The first-order chi connectivity index (χ1) is 8.01. The smallest absolute Gasteiger partial charge is 0.311 e. The van der Waals surface area contributed by atoms with E-state index in [0.29, 0.717) is 0 Å². The number of carboxylic acid groups (broad SMARTS) is 1. The van der Waals surface area contributed by atoms with Crippen LogP contribution in [0.4, 0.5) is 8.78 Å². The van der Waals surface area contributed by atoms with E-state index in [2.05, 4.69) is 4.74 Å². The Morgan fingerprint density at radius 2 is 2.06 bits per heavy atom. The number of aliphatic hydroxyl groups excluding tert-OH is 1. The van der Waals surface area contributed by atoms with E-state index >= 15 is 0 Å². The Bertz CT molecular complexity index is 420. The van der Waals surface area contributed by atoms with Crippen LogP contribution in [0.15, 0.2) is 12.1 Å². The molecule has 94 valence electrons. The quantitative estimate of drug-likeness (QED) is 0.826. The third-order valence-corrected chi connectivity index (χ3v) is 2.36. The topological polar surface area (TPSA) is 66.8 Å². The summed E-state index contributed by atoms with van der Waals surface area (Å²) in [4.78, 5) is 10.9. The van der Waals surface area contributed by atoms with Crippen LogP contribution in [-0.2, 0) is 4.79 Å². The molecule has 0 amide bonds. The van der Waals surface area contributed by atoms with Crippen molar-refractivity contribution >= 4 is 5.97 Å². The molecule has 1 aromatic carbocycles. The number of methoxy groups -OCH3 is 1. The Morgan fingerprint density at radius 3 is 2.53 bits per heavy atom. The zero-order valence-electron chi connectivity index (χ0n) is 9.11. The van der Waals surface area contributed by atoms with E-state index in [1.807, 2.05) is 0 Å². The fourth-order valence-corrected chi connectivity index (χ4v) is 1.51. The van der Waals surface area contributed by atoms with Gasteiger partial charge in [0.05, 0.1) is 13.0 Å². The summed E-state index contributed by atoms with van der Waals surface area (Å²) < 4.78 is 31.5. The van der Waals surface area contributed by atoms with E-state index in [9.17, 15) is 13.6 Å². The first-order valence-electron chi connectivity index (χ1n) is 4.87. The van der Waals surface area contributed by atoms with Gasteiger partial charge in [-0.05, 0) is 12.5 Å². The van der Waals surface area contributed by atoms with Gasteiger partial charge in [-0.2, -0.15) is 0 Å². The number of rotatable bonds is 5. The molecule has 0 radical (unpaired) electrons. The first kappa shape index (κ1) is 13.4. The van der Waals surface area contributed by atoms with Crippen LogP contribution in [0.5, 0.6) is 5.75 Å². The van der Waals surface area contributed by atoms with Crippen molar-refractivity contribution in [2.75, 3.05) is 13.7 Å². The highest BCUT2D eigenvalue weighted by atomic mass is 19.1. The first-order valence-corrected chi connectivity index (χ1v) is 4.87. The fraction of sp³-hybridized carbons (Fsp3) is 0.364. The van der Waals surface area contributed by atoms with Gasteiger partial charge < -0.3 is 14.9 Å². The van der Waals surface area contributed by atoms with Crippen LogP contribution in [0.25, 0.3) is 0 Å². The standard InChI is InChI=1S/C11H12F2O4/c1-17-10-5-8(12)7(4-9(10)13)6(2-3-14)11(15)16/h4-6,14H,2-3H2,1H3,(H,15,16). The van der Waals surface area contributed by atoms with Crippen molar-refractivity contribution in [2.45, 2.75) is 12.3 Å². The Kier molecular flexibility index (Phi) is 4.39. The van der Waals surface area contributed by atoms with E-state index in [1.54, 1.807) is 0 Å². The summed E-state index contributed by atoms with van der Waals surface area (Å²) in [6.45, 7) is -0.427. The number of hydrogen-bond acceptors (Lipinski definition) is 3. The molecule has 4 nitrogen and oxygen atoms in total. The number of aliphatic hydroxyl groups is 1. The number of halogens is 2. The van der Waals surface area contributed by atoms with E-state index < -0.39 is 30.1 Å². The van der Waals surface area contributed by atoms with Crippen molar-refractivity contribution in [2.24, 2.45) is 0 Å². The van der Waals surface area contributed by atoms with Gasteiger partial charge in [0.1, 0.15) is 5.82 Å². The van der Waals surface area contributed by atoms with Crippen molar-refractivity contribution in [1.82, 2.24) is 0 Å². The summed E-state index contributed by atoms with van der Waals surface area (Å²) >= 11 is 0. The minimum absolute atomic E-state index is 0.183. The number of carbonyl (C=O) groups is 1. The van der Waals surface area contributed by atoms with Gasteiger partial charge in [-0.3, -0.25) is 4.79 Å². The molecule has 2 N–H and O–H groups in total. The number of aliphatic carboxylic acids is 1. The largest absolute Gasteiger partial charge is 0.494 e. The summed E-state index contributed by atoms with van der Waals surface area (Å²) in [5.41, 5.74) is -0.301. The molecule has 1 aromatic rings. The lowest BCUT2D eigenvalue weighted by atomic mass is 9.95. The predicted octanol–water partition coefficient (Wildman–Crippen LogP) is 1.52. The molecule has 0 aliphatic rings. The van der Waals surface area contributed by atoms with Crippen molar-refractivity contribution in [3.05, 3.63) is 29.3 Å². The number of benzene rings is 1. The molecule has 0 aromatic heterocycles. The summed E-state index contributed by atoms with van der Waals surface area (Å²) in [7, 11) is 1.18. The van der Waals surface area contributed by atoms with Gasteiger partial charge >= 0.3 is 5.97 Å². The zero-order chi connectivity index (χ0) is 13.0. The molecule has 0 heterocycles. The van der Waals surface area contributed by atoms with E-state index in [1.165, 1.54) is 7.11 Å². The van der Waals surface area contributed by atoms with Gasteiger partial charge in [0.15, 0.2) is 11.6 Å². The molecule has 0 fully saturated rings. The number of ether oxygens (including phenoxy) is 1. The summed E-state index contributed by atoms with van der Waals surface area (Å²) in [6, 6.07) is 1.57. The maximum absolute atomic E-state index is 13.6. The molecule has 17 heavy (non-hydrogen) atoms. The molecule has 0 bridgehead atoms. The second-order valence-corrected chi connectivity index (χ2v) is 3.41. The van der Waals surface area contributed by atoms with Crippen LogP contribution in [0.2, 0.25) is 0 Å². The van der Waals surface area contributed by atoms with Crippen LogP contribution >= 0.6 is 0 Å². The zero-order valence-corrected chi connectivity index (χ0v) is 9.11. The minimum Gasteiger partial charge on any atom is -0.494 e. The average Bonchev–Trinajstić information content (AvgIpc) is 2.28. The van der Waals surface area contributed by atoms with Gasteiger partial charge in [-0.25, -0.2) is 8.78 Å². The third-order valence-electron chi connectivity index (χ3n) is 2.36. The van der Waals surface area contributed by atoms with Gasteiger partial charge in [0.25, 0.3) is 0 Å². The molecular weight excluding hydrogens is 234 g/mol. The van der Waals surface area contributed by atoms with Gasteiger partial charge in [-0.15, -0.1) is 0 Å². The minimum atomic E-state index is -1.32. The van der Waals surface area contributed by atoms with Gasteiger partial charge in [0, 0.05) is 18.2 Å². The van der Waals surface area contributed by atoms with E-state index in [4.69, 9.17) is 10.2 Å². The Morgan fingerprint density at radius 1 is 1.41 bits per heavy atom. The highest BCUT2D eigenvalue weighted by Crippen LogP contribution is 2.28. The van der Waals surface area contributed by atoms with E-state index in [-0.39, 0.29) is 17.7 Å². The second-order valence-electron chi connectivity index (χ2n) is 3.41. The molecule has 0 spiro atoms. The predicted molar refractivity (Wildman–Crippen MR) is 55.0 cm³/mol. The lowest BCUT2D eigenvalue weighted by Crippen LogP contribution is -2.15. The van der Waals surface area contributed by atoms with E-state index in [0.717, 1.165) is 12.1 Å². The highest BCUT2D eigenvalue weighted by molar-refractivity contribution is 5.76. The molecule has 0 aliphatic heterocycles. The Labute approximate surface area is 96.5 Å². The van der Waals surface area contributed by atoms with Crippen molar-refractivity contribution in [1.29, 1.82) is 0 Å². The van der Waals surface area contributed by atoms with Crippen molar-refractivity contribution < 1.29 is 28.5 Å². The van der Waals surface area contributed by atoms with Crippen molar-refractivity contribution in [3.63, 3.8) is 0 Å². The van der Waals surface area contributed by atoms with Crippen LogP contribution in [0.3, 0.4) is 0 Å². The number of hydrogen-bond donors (Lipinski definition) is 2. The van der Waals surface area contributed by atoms with Crippen LogP contribution in [-0.4, -0.2) is 29.9 Å². The maximum atomic E-state index is 13.6. The molecule has 1 atom stereocenters. The maximum Gasteiger partial charge on any atom is 0.311 e. The fourth-order valence-electron chi connectivity index (χ4n) is 1.51. The lowest BCUT2D eigenvalue weighted by molar-refractivity contribution is -0.139. The normalized spacial score (nSPS) is 12.2. The van der Waals surface area contributed by atoms with Crippen molar-refractivity contribution in [3.8, 4) is 5.75 Å². The molecule has 0 saturated carbocycles. The summed E-state index contributed by atoms with van der Waals surface area (Å²) in [6.07, 6.45) is -0.183. The SMILES string of the molecule is COc1cc(F)c(C(CCO)C(=O)O)cc1F. The Balaban J connectivity index is 3.20. The van der Waals surface area contributed by atoms with Crippen LogP contribution < -0.4 is 4.74 Å². The molecule has 1 unspecified atom stereocenters. The lowest BCUT2D eigenvalue weighted by Gasteiger charge is -2.13. The van der Waals surface area contributed by atoms with Gasteiger partial charge in [0.2, 0.25) is 0 Å². The molecular formula is C11H12F2O4. The average molecular weight is 246 g/mol. The monoisotopic (exact) mass is 246 g/mol. The number of carboxylic acids is 1. The molecule has 0 aliphatic carbocycles. The second kappa shape index (κ2) is 5.58. The molecule has 6 heteroatoms. The highest BCUT2D eigenvalue weighted by Gasteiger charge is 2.24. The van der Waals surface area contributed by atoms with Crippen LogP contribution in [0, 0.1) is 11.6 Å².